The molecule has 1 aromatic rings. The van der Waals surface area contributed by atoms with E-state index in [4.69, 9.17) is 5.73 Å². The first-order chi connectivity index (χ1) is 7.74. The Hall–Kier alpha value is -1.07. The Bertz CT molecular complexity index is 326. The van der Waals surface area contributed by atoms with Crippen molar-refractivity contribution in [2.75, 3.05) is 25.4 Å². The van der Waals surface area contributed by atoms with Crippen molar-refractivity contribution in [3.05, 3.63) is 12.3 Å². The highest BCUT2D eigenvalue weighted by atomic mass is 16.3. The highest BCUT2D eigenvalue weighted by Gasteiger charge is 2.16. The number of aliphatic hydroxyl groups excluding tert-OH is 1. The average Bonchev–Trinajstić information content (AvgIpc) is 2.64. The van der Waals surface area contributed by atoms with Gasteiger partial charge >= 0.3 is 0 Å². The fourth-order valence-electron chi connectivity index (χ4n) is 2.19. The SMILES string of the molecule is Nc1ccn(CCCN2CCCC(O)C2)n1. The Kier molecular flexibility index (Phi) is 3.79. The van der Waals surface area contributed by atoms with E-state index in [1.807, 2.05) is 16.9 Å². The predicted molar refractivity (Wildman–Crippen MR) is 62.9 cm³/mol. The van der Waals surface area contributed by atoms with Crippen LogP contribution in [0.3, 0.4) is 0 Å². The molecule has 0 aromatic carbocycles. The molecule has 2 heterocycles. The van der Waals surface area contributed by atoms with Gasteiger partial charge in [0.25, 0.3) is 0 Å². The lowest BCUT2D eigenvalue weighted by Crippen LogP contribution is -2.38. The van der Waals surface area contributed by atoms with E-state index in [1.165, 1.54) is 0 Å². The molecule has 0 spiro atoms. The first-order valence-electron chi connectivity index (χ1n) is 5.93. The van der Waals surface area contributed by atoms with Crippen molar-refractivity contribution in [3.8, 4) is 0 Å². The van der Waals surface area contributed by atoms with Crippen LogP contribution in [0.1, 0.15) is 19.3 Å². The van der Waals surface area contributed by atoms with Gasteiger partial charge in [-0.1, -0.05) is 0 Å². The first kappa shape index (κ1) is 11.4. The van der Waals surface area contributed by atoms with Gasteiger partial charge in [-0.3, -0.25) is 4.68 Å². The maximum atomic E-state index is 9.52. The number of anilines is 1. The summed E-state index contributed by atoms with van der Waals surface area (Å²) in [5.74, 6) is 0.577. The van der Waals surface area contributed by atoms with E-state index in [0.717, 1.165) is 45.4 Å². The quantitative estimate of drug-likeness (QED) is 0.772. The molecule has 16 heavy (non-hydrogen) atoms. The lowest BCUT2D eigenvalue weighted by Gasteiger charge is -2.29. The van der Waals surface area contributed by atoms with Gasteiger partial charge in [0.05, 0.1) is 6.10 Å². The summed E-state index contributed by atoms with van der Waals surface area (Å²) in [6.07, 6.45) is 4.88. The number of nitrogens with zero attached hydrogens (tertiary/aromatic N) is 3. The number of aliphatic hydroxyl groups is 1. The Balaban J connectivity index is 1.67. The van der Waals surface area contributed by atoms with Crippen LogP contribution >= 0.6 is 0 Å². The molecule has 2 rings (SSSR count). The Morgan fingerprint density at radius 2 is 2.38 bits per heavy atom. The molecule has 0 bridgehead atoms. The van der Waals surface area contributed by atoms with Crippen molar-refractivity contribution >= 4 is 5.82 Å². The van der Waals surface area contributed by atoms with Crippen LogP contribution in [0.4, 0.5) is 5.82 Å². The van der Waals surface area contributed by atoms with E-state index in [0.29, 0.717) is 5.82 Å². The largest absolute Gasteiger partial charge is 0.392 e. The van der Waals surface area contributed by atoms with Crippen molar-refractivity contribution in [2.24, 2.45) is 0 Å². The molecule has 5 nitrogen and oxygen atoms in total. The van der Waals surface area contributed by atoms with Gasteiger partial charge in [0.2, 0.25) is 0 Å². The van der Waals surface area contributed by atoms with Crippen molar-refractivity contribution < 1.29 is 5.11 Å². The Labute approximate surface area is 95.8 Å². The third-order valence-corrected chi connectivity index (χ3v) is 3.00. The van der Waals surface area contributed by atoms with Crippen LogP contribution in [0, 0.1) is 0 Å². The molecule has 0 amide bonds. The third kappa shape index (κ3) is 3.21. The van der Waals surface area contributed by atoms with Crippen LogP contribution in [0.5, 0.6) is 0 Å². The number of aromatic nitrogens is 2. The molecule has 3 N–H and O–H groups in total. The summed E-state index contributed by atoms with van der Waals surface area (Å²) in [6, 6.07) is 1.81. The monoisotopic (exact) mass is 224 g/mol. The zero-order valence-corrected chi connectivity index (χ0v) is 9.55. The van der Waals surface area contributed by atoms with Crippen molar-refractivity contribution in [1.29, 1.82) is 0 Å². The van der Waals surface area contributed by atoms with Gasteiger partial charge in [-0.2, -0.15) is 5.10 Å². The highest BCUT2D eigenvalue weighted by Crippen LogP contribution is 2.10. The highest BCUT2D eigenvalue weighted by molar-refractivity contribution is 5.23. The topological polar surface area (TPSA) is 67.3 Å². The molecule has 5 heteroatoms. The van der Waals surface area contributed by atoms with Gasteiger partial charge in [-0.05, 0) is 38.4 Å². The number of piperidine rings is 1. The summed E-state index contributed by atoms with van der Waals surface area (Å²) in [6.45, 7) is 3.85. The summed E-state index contributed by atoms with van der Waals surface area (Å²) in [7, 11) is 0. The number of rotatable bonds is 4. The predicted octanol–water partition coefficient (Wildman–Crippen LogP) is 0.312. The minimum Gasteiger partial charge on any atom is -0.392 e. The smallest absolute Gasteiger partial charge is 0.145 e. The average molecular weight is 224 g/mol. The van der Waals surface area contributed by atoms with Gasteiger partial charge in [0.1, 0.15) is 5.82 Å². The van der Waals surface area contributed by atoms with Crippen molar-refractivity contribution in [1.82, 2.24) is 14.7 Å². The minimum atomic E-state index is -0.130. The fraction of sp³-hybridized carbons (Fsp3) is 0.727. The Morgan fingerprint density at radius 1 is 1.50 bits per heavy atom. The van der Waals surface area contributed by atoms with Crippen LogP contribution in [-0.2, 0) is 6.54 Å². The first-order valence-corrected chi connectivity index (χ1v) is 5.93. The number of nitrogens with two attached hydrogens (primary N) is 1. The second-order valence-corrected chi connectivity index (χ2v) is 4.45. The van der Waals surface area contributed by atoms with E-state index >= 15 is 0 Å². The molecule has 0 aliphatic carbocycles. The Morgan fingerprint density at radius 3 is 3.06 bits per heavy atom. The van der Waals surface area contributed by atoms with Crippen molar-refractivity contribution in [3.63, 3.8) is 0 Å². The number of nitrogen functional groups attached to an aromatic ring is 1. The van der Waals surface area contributed by atoms with E-state index in [2.05, 4.69) is 10.00 Å². The standard InChI is InChI=1S/C11H20N4O/c12-11-4-8-15(13-11)7-2-6-14-5-1-3-10(16)9-14/h4,8,10,16H,1-3,5-7,9H2,(H2,12,13). The normalized spacial score (nSPS) is 22.4. The van der Waals surface area contributed by atoms with Gasteiger partial charge in [-0.25, -0.2) is 0 Å². The maximum Gasteiger partial charge on any atom is 0.145 e. The molecular formula is C11H20N4O. The fourth-order valence-corrected chi connectivity index (χ4v) is 2.19. The summed E-state index contributed by atoms with van der Waals surface area (Å²) < 4.78 is 1.87. The molecule has 1 atom stereocenters. The van der Waals surface area contributed by atoms with E-state index in [9.17, 15) is 5.11 Å². The molecule has 0 radical (unpaired) electrons. The lowest BCUT2D eigenvalue weighted by atomic mass is 10.1. The molecular weight excluding hydrogens is 204 g/mol. The summed E-state index contributed by atoms with van der Waals surface area (Å²) in [5, 5.41) is 13.7. The lowest BCUT2D eigenvalue weighted by molar-refractivity contribution is 0.0694. The van der Waals surface area contributed by atoms with E-state index in [1.54, 1.807) is 0 Å². The van der Waals surface area contributed by atoms with Crippen LogP contribution in [0.15, 0.2) is 12.3 Å². The molecule has 1 fully saturated rings. The molecule has 1 aromatic heterocycles. The molecule has 90 valence electrons. The molecule has 0 saturated carbocycles. The van der Waals surface area contributed by atoms with Gasteiger partial charge in [-0.15, -0.1) is 0 Å². The van der Waals surface area contributed by atoms with E-state index < -0.39 is 0 Å². The zero-order chi connectivity index (χ0) is 11.4. The third-order valence-electron chi connectivity index (χ3n) is 3.00. The summed E-state index contributed by atoms with van der Waals surface area (Å²) in [4.78, 5) is 2.32. The van der Waals surface area contributed by atoms with Crippen LogP contribution in [0.25, 0.3) is 0 Å². The number of aryl methyl sites for hydroxylation is 1. The maximum absolute atomic E-state index is 9.52. The number of hydrogen-bond acceptors (Lipinski definition) is 4. The minimum absolute atomic E-state index is 0.130. The van der Waals surface area contributed by atoms with Crippen molar-refractivity contribution in [2.45, 2.75) is 31.9 Å². The molecule has 1 unspecified atom stereocenters. The van der Waals surface area contributed by atoms with Gasteiger partial charge < -0.3 is 15.7 Å². The van der Waals surface area contributed by atoms with Crippen LogP contribution in [0.2, 0.25) is 0 Å². The molecule has 1 aliphatic rings. The van der Waals surface area contributed by atoms with Gasteiger partial charge in [0, 0.05) is 19.3 Å². The number of β-amino-alcohol motifs (C(OH)–C–C–N with tert-alkyl or cyclic N) is 1. The summed E-state index contributed by atoms with van der Waals surface area (Å²) >= 11 is 0. The van der Waals surface area contributed by atoms with E-state index in [-0.39, 0.29) is 6.10 Å². The van der Waals surface area contributed by atoms with Gasteiger partial charge in [0.15, 0.2) is 0 Å². The number of hydrogen-bond donors (Lipinski definition) is 2. The zero-order valence-electron chi connectivity index (χ0n) is 9.55. The van der Waals surface area contributed by atoms with Crippen LogP contribution < -0.4 is 5.73 Å². The second-order valence-electron chi connectivity index (χ2n) is 4.45. The summed E-state index contributed by atoms with van der Waals surface area (Å²) in [5.41, 5.74) is 5.54. The number of likely N-dealkylation sites (tertiary alicyclic amines) is 1. The molecule has 1 saturated heterocycles. The molecule has 1 aliphatic heterocycles. The van der Waals surface area contributed by atoms with Crippen LogP contribution in [-0.4, -0.2) is 45.5 Å². The second kappa shape index (κ2) is 5.32.